The molecule has 3 aromatic carbocycles. The van der Waals surface area contributed by atoms with E-state index in [-0.39, 0.29) is 77.2 Å². The molecule has 20 nitrogen and oxygen atoms in total. The minimum absolute atomic E-state index is 0.0413. The molecule has 1 saturated heterocycles. The van der Waals surface area contributed by atoms with Crippen LogP contribution in [0.2, 0.25) is 0 Å². The Morgan fingerprint density at radius 2 is 0.672 bits per heavy atom. The number of phosphoric acid groups is 1. The Labute approximate surface area is 757 Å². The molecule has 125 heavy (non-hydrogen) atoms. The molecule has 2 amide bonds. The molecule has 0 bridgehead atoms. The Hall–Kier alpha value is -6.02. The van der Waals surface area contributed by atoms with Crippen LogP contribution in [0, 0.1) is 0 Å². The summed E-state index contributed by atoms with van der Waals surface area (Å²) in [6, 6.07) is 24.8. The van der Waals surface area contributed by atoms with Gasteiger partial charge in [-0.3, -0.25) is 47.1 Å². The highest BCUT2D eigenvalue weighted by atomic mass is 31.2. The van der Waals surface area contributed by atoms with Gasteiger partial charge in [-0.1, -0.05) is 402 Å². The molecule has 0 unspecified atom stereocenters. The minimum atomic E-state index is -4.91. The molecule has 1 heterocycles. The van der Waals surface area contributed by atoms with Crippen LogP contribution in [-0.4, -0.2) is 108 Å². The highest BCUT2D eigenvalue weighted by Crippen LogP contribution is 2.54. The van der Waals surface area contributed by atoms with Crippen molar-refractivity contribution in [3.8, 4) is 0 Å². The zero-order valence-electron chi connectivity index (χ0n) is 78.9. The number of nitrogens with one attached hydrogen (secondary N) is 2. The molecule has 0 saturated carbocycles. The van der Waals surface area contributed by atoms with Crippen LogP contribution in [0.3, 0.4) is 0 Å². The summed E-state index contributed by atoms with van der Waals surface area (Å²) >= 11 is 0. The number of phosphoric ester groups is 1. The van der Waals surface area contributed by atoms with Crippen molar-refractivity contribution in [3.63, 3.8) is 0 Å². The van der Waals surface area contributed by atoms with Crippen LogP contribution in [0.1, 0.15) is 443 Å². The molecule has 3 N–H and O–H groups in total. The molecular formula is C104H173N2O18P. The number of hydrogen-bond donors (Lipinski definition) is 3. The SMILES string of the molecule is CCCCCCCCCCC[C@H](CC(=O)N[C@@H](CC[C@@H]1O[C@H](CO)[C@@H](OP(=O)(OCc2ccccc2)OCc2ccccc2)[C@H](OC(=O)C[C@@H](CCCCCCCCCCC)OC(=O)CCCCCCCCC)[C@H]1NC(=O)C[C@@H](CCCCCCCCCCC)OC(=O)CCCCCCCCC)CC(=O)OCc1ccccc1)OC(=O)CCCCCCCCC. The zero-order valence-corrected chi connectivity index (χ0v) is 79.8. The van der Waals surface area contributed by atoms with Gasteiger partial charge in [0.15, 0.2) is 6.10 Å². The molecule has 712 valence electrons. The third-order valence-corrected chi connectivity index (χ3v) is 25.5. The number of rotatable bonds is 82. The minimum Gasteiger partial charge on any atom is -0.462 e. The number of carbonyl (C=O) groups is 7. The van der Waals surface area contributed by atoms with Gasteiger partial charge < -0.3 is 44.2 Å². The molecule has 0 aliphatic carbocycles. The smallest absolute Gasteiger partial charge is 0.462 e. The van der Waals surface area contributed by atoms with Crippen molar-refractivity contribution in [2.24, 2.45) is 0 Å². The number of benzene rings is 3. The Balaban J connectivity index is 1.93. The van der Waals surface area contributed by atoms with E-state index in [0.717, 1.165) is 217 Å². The number of aliphatic hydroxyl groups is 1. The van der Waals surface area contributed by atoms with Crippen molar-refractivity contribution in [1.82, 2.24) is 10.6 Å². The monoisotopic (exact) mass is 1770 g/mol. The van der Waals surface area contributed by atoms with Gasteiger partial charge in [0.05, 0.1) is 57.6 Å². The standard InChI is InChI=1S/C104H173N2O18P/c1-7-13-19-25-31-34-40-43-58-70-90(119-97(110)73-61-46-37-28-22-16-10-4)79-95(108)105-89(78-100(113)116-83-86-64-52-49-53-65-86)76-77-93-102(106-96(109)80-91(71-59-44-41-35-32-26-20-14-8-2)120-98(111)74-62-47-38-29-23-17-11-5)104(103(94(82-107)122-93)124-125(115,117-84-87-66-54-50-55-67-87)118-85-88-68-56-51-57-69-88)123-101(114)81-92(72-60-45-42-36-33-27-21-15-9-3)121-99(112)75-63-48-39-30-24-18-12-6/h49-57,64-69,89-94,102-104,107H,7-48,58-63,70-85H2,1-6H3,(H,105,108)(H,106,109)/t89-,90+,91+,92+,93-,94+,102-,103+,104+/m0/s1. The van der Waals surface area contributed by atoms with E-state index in [1.165, 1.54) is 64.2 Å². The predicted octanol–water partition coefficient (Wildman–Crippen LogP) is 26.6. The van der Waals surface area contributed by atoms with Crippen LogP contribution in [0.5, 0.6) is 0 Å². The molecule has 0 radical (unpaired) electrons. The van der Waals surface area contributed by atoms with Crippen LogP contribution in [0.4, 0.5) is 0 Å². The first-order chi connectivity index (χ1) is 61.0. The molecule has 1 aliphatic rings. The summed E-state index contributed by atoms with van der Waals surface area (Å²) in [7, 11) is -4.91. The van der Waals surface area contributed by atoms with E-state index in [9.17, 15) is 29.1 Å². The first-order valence-corrected chi connectivity index (χ1v) is 52.0. The van der Waals surface area contributed by atoms with Gasteiger partial charge in [-0.05, 0) is 87.3 Å². The van der Waals surface area contributed by atoms with Crippen LogP contribution in [-0.2, 0) is 99.9 Å². The molecule has 1 aliphatic heterocycles. The van der Waals surface area contributed by atoms with Gasteiger partial charge in [0, 0.05) is 25.3 Å². The quantitative estimate of drug-likeness (QED) is 0.0205. The molecule has 9 atom stereocenters. The van der Waals surface area contributed by atoms with E-state index in [1.54, 1.807) is 48.5 Å². The second kappa shape index (κ2) is 74.7. The number of hydrogen-bond acceptors (Lipinski definition) is 18. The van der Waals surface area contributed by atoms with Crippen LogP contribution < -0.4 is 10.6 Å². The molecule has 21 heteroatoms. The Bertz CT molecular complexity index is 3170. The third kappa shape index (κ3) is 56.9. The Morgan fingerprint density at radius 3 is 1.02 bits per heavy atom. The van der Waals surface area contributed by atoms with Crippen LogP contribution in [0.25, 0.3) is 0 Å². The highest BCUT2D eigenvalue weighted by molar-refractivity contribution is 7.48. The van der Waals surface area contributed by atoms with Crippen molar-refractivity contribution < 1.29 is 85.2 Å². The fourth-order valence-electron chi connectivity index (χ4n) is 16.5. The topological polar surface area (TPSA) is 264 Å². The molecule has 3 aromatic rings. The summed E-state index contributed by atoms with van der Waals surface area (Å²) in [4.78, 5) is 103. The summed E-state index contributed by atoms with van der Waals surface area (Å²) in [5, 5.41) is 18.3. The highest BCUT2D eigenvalue weighted by Gasteiger charge is 2.53. The number of ether oxygens (including phenoxy) is 6. The number of amides is 2. The lowest BCUT2D eigenvalue weighted by atomic mass is 9.88. The molecule has 1 fully saturated rings. The third-order valence-electron chi connectivity index (χ3n) is 24.1. The van der Waals surface area contributed by atoms with Gasteiger partial charge in [0.2, 0.25) is 11.8 Å². The van der Waals surface area contributed by atoms with E-state index in [1.807, 2.05) is 42.5 Å². The lowest BCUT2D eigenvalue weighted by molar-refractivity contribution is -0.211. The number of aliphatic hydroxyl groups excluding tert-OH is 1. The maximum absolute atomic E-state index is 16.0. The summed E-state index contributed by atoms with van der Waals surface area (Å²) < 4.78 is 74.0. The number of unbranched alkanes of at least 4 members (excludes halogenated alkanes) is 42. The second-order valence-electron chi connectivity index (χ2n) is 35.6. The lowest BCUT2D eigenvalue weighted by Gasteiger charge is -2.46. The van der Waals surface area contributed by atoms with Crippen molar-refractivity contribution in [1.29, 1.82) is 0 Å². The summed E-state index contributed by atoms with van der Waals surface area (Å²) in [6.45, 7) is 11.7. The van der Waals surface area contributed by atoms with E-state index >= 15 is 14.2 Å². The predicted molar refractivity (Wildman–Crippen MR) is 501 cm³/mol. The van der Waals surface area contributed by atoms with Gasteiger partial charge >= 0.3 is 37.7 Å². The van der Waals surface area contributed by atoms with Gasteiger partial charge in [-0.2, -0.15) is 0 Å². The van der Waals surface area contributed by atoms with Gasteiger partial charge in [0.25, 0.3) is 0 Å². The first kappa shape index (κ1) is 111. The molecular weight excluding hydrogens is 1600 g/mol. The van der Waals surface area contributed by atoms with E-state index in [0.29, 0.717) is 62.5 Å². The first-order valence-electron chi connectivity index (χ1n) is 50.5. The van der Waals surface area contributed by atoms with Gasteiger partial charge in [-0.25, -0.2) is 4.57 Å². The molecule has 4 rings (SSSR count). The average Bonchev–Trinajstić information content (AvgIpc) is 0.773. The average molecular weight is 1770 g/mol. The van der Waals surface area contributed by atoms with Crippen molar-refractivity contribution >= 4 is 49.5 Å². The van der Waals surface area contributed by atoms with E-state index in [4.69, 9.17) is 42.0 Å². The van der Waals surface area contributed by atoms with Crippen LogP contribution >= 0.6 is 7.82 Å². The summed E-state index contributed by atoms with van der Waals surface area (Å²) in [5.41, 5.74) is 1.98. The fraction of sp³-hybridized carbons (Fsp3) is 0.760. The second-order valence-corrected chi connectivity index (χ2v) is 37.2. The Kier molecular flexibility index (Phi) is 66.5. The van der Waals surface area contributed by atoms with Crippen molar-refractivity contribution in [3.05, 3.63) is 108 Å². The van der Waals surface area contributed by atoms with Crippen molar-refractivity contribution in [2.45, 2.75) is 501 Å². The van der Waals surface area contributed by atoms with Gasteiger partial charge in [0.1, 0.15) is 37.1 Å². The molecule has 0 aromatic heterocycles. The van der Waals surface area contributed by atoms with Gasteiger partial charge in [-0.15, -0.1) is 0 Å². The lowest BCUT2D eigenvalue weighted by Crippen LogP contribution is -2.66. The molecule has 0 spiro atoms. The fourth-order valence-corrected chi connectivity index (χ4v) is 17.9. The number of esters is 5. The zero-order chi connectivity index (χ0) is 90.1. The maximum atomic E-state index is 16.0. The van der Waals surface area contributed by atoms with E-state index in [2.05, 4.69) is 52.2 Å². The maximum Gasteiger partial charge on any atom is 0.475 e. The normalized spacial score (nSPS) is 16.2. The van der Waals surface area contributed by atoms with Crippen molar-refractivity contribution in [2.75, 3.05) is 6.61 Å². The summed E-state index contributed by atoms with van der Waals surface area (Å²) in [5.74, 6) is -3.78. The summed E-state index contributed by atoms with van der Waals surface area (Å²) in [6.07, 6.45) is 41.2. The number of carbonyl (C=O) groups excluding carboxylic acids is 7. The largest absolute Gasteiger partial charge is 0.475 e. The Morgan fingerprint density at radius 1 is 0.352 bits per heavy atom. The van der Waals surface area contributed by atoms with E-state index < -0.39 is 111 Å². The van der Waals surface area contributed by atoms with Crippen LogP contribution in [0.15, 0.2) is 91.0 Å².